The number of carbonyl (C=O) groups is 1. The Kier molecular flexibility index (Phi) is 4.36. The predicted molar refractivity (Wildman–Crippen MR) is 78.6 cm³/mol. The van der Waals surface area contributed by atoms with Crippen LogP contribution in [-0.2, 0) is 0 Å². The van der Waals surface area contributed by atoms with Crippen LogP contribution < -0.4 is 5.32 Å². The Bertz CT molecular complexity index is 584. The lowest BCUT2D eigenvalue weighted by atomic mass is 9.84. The number of thioether (sulfide) groups is 1. The molecule has 0 heterocycles. The van der Waals surface area contributed by atoms with Crippen molar-refractivity contribution in [3.63, 3.8) is 0 Å². The Morgan fingerprint density at radius 1 is 1.57 bits per heavy atom. The molecule has 1 saturated carbocycles. The number of benzene rings is 1. The molecule has 1 aliphatic carbocycles. The minimum absolute atomic E-state index is 0.0154. The second-order valence-corrected chi connectivity index (χ2v) is 6.28. The maximum absolute atomic E-state index is 13.9. The van der Waals surface area contributed by atoms with Crippen molar-refractivity contribution in [2.75, 3.05) is 18.1 Å². The molecule has 6 nitrogen and oxygen atoms in total. The van der Waals surface area contributed by atoms with Gasteiger partial charge in [0.1, 0.15) is 5.56 Å². The first-order valence-electron chi connectivity index (χ1n) is 6.39. The van der Waals surface area contributed by atoms with Gasteiger partial charge in [0.15, 0.2) is 5.82 Å². The van der Waals surface area contributed by atoms with Crippen molar-refractivity contribution < 1.29 is 19.2 Å². The average molecular weight is 314 g/mol. The number of carboxylic acid groups (broad SMARTS) is 1. The quantitative estimate of drug-likeness (QED) is 0.619. The third-order valence-corrected chi connectivity index (χ3v) is 5.23. The molecule has 0 atom stereocenters. The van der Waals surface area contributed by atoms with Crippen LogP contribution in [0.2, 0.25) is 0 Å². The number of anilines is 1. The van der Waals surface area contributed by atoms with Gasteiger partial charge in [0.25, 0.3) is 5.69 Å². The van der Waals surface area contributed by atoms with Gasteiger partial charge >= 0.3 is 5.97 Å². The molecule has 114 valence electrons. The minimum Gasteiger partial charge on any atom is -0.477 e. The molecule has 2 rings (SSSR count). The molecule has 1 aliphatic rings. The van der Waals surface area contributed by atoms with Gasteiger partial charge in [-0.3, -0.25) is 10.1 Å². The van der Waals surface area contributed by atoms with Crippen molar-refractivity contribution in [1.82, 2.24) is 0 Å². The second-order valence-electron chi connectivity index (χ2n) is 5.01. The third kappa shape index (κ3) is 3.10. The minimum atomic E-state index is -1.45. The Morgan fingerprint density at radius 3 is 2.67 bits per heavy atom. The summed E-state index contributed by atoms with van der Waals surface area (Å²) in [6.45, 7) is 0.502. The fourth-order valence-electron chi connectivity index (χ4n) is 2.30. The van der Waals surface area contributed by atoms with Gasteiger partial charge in [0.2, 0.25) is 0 Å². The molecular weight excluding hydrogens is 299 g/mol. The van der Waals surface area contributed by atoms with Crippen molar-refractivity contribution in [3.8, 4) is 0 Å². The lowest BCUT2D eigenvalue weighted by Gasteiger charge is -2.40. The molecule has 21 heavy (non-hydrogen) atoms. The molecule has 1 aromatic rings. The highest BCUT2D eigenvalue weighted by molar-refractivity contribution is 8.00. The predicted octanol–water partition coefficient (Wildman–Crippen LogP) is 3.13. The van der Waals surface area contributed by atoms with Crippen LogP contribution in [0.5, 0.6) is 0 Å². The summed E-state index contributed by atoms with van der Waals surface area (Å²) in [5, 5.41) is 22.6. The molecule has 0 amide bonds. The lowest BCUT2D eigenvalue weighted by molar-refractivity contribution is -0.385. The van der Waals surface area contributed by atoms with E-state index in [1.165, 1.54) is 0 Å². The normalized spacial score (nSPS) is 16.1. The molecule has 0 spiro atoms. The summed E-state index contributed by atoms with van der Waals surface area (Å²) in [4.78, 5) is 20.9. The fraction of sp³-hybridized carbons (Fsp3) is 0.462. The Balaban J connectivity index is 2.25. The van der Waals surface area contributed by atoms with E-state index >= 15 is 0 Å². The summed E-state index contributed by atoms with van der Waals surface area (Å²) in [6, 6.07) is 1.64. The lowest BCUT2D eigenvalue weighted by Crippen LogP contribution is -2.40. The van der Waals surface area contributed by atoms with Crippen molar-refractivity contribution in [2.45, 2.75) is 24.0 Å². The number of rotatable bonds is 6. The highest BCUT2D eigenvalue weighted by Gasteiger charge is 2.36. The molecule has 0 bridgehead atoms. The number of nitrogens with zero attached hydrogens (tertiary/aromatic N) is 1. The van der Waals surface area contributed by atoms with Crippen molar-refractivity contribution in [2.24, 2.45) is 0 Å². The number of aromatic carboxylic acids is 1. The number of nitro groups is 1. The van der Waals surface area contributed by atoms with E-state index in [0.29, 0.717) is 12.6 Å². The van der Waals surface area contributed by atoms with Crippen LogP contribution in [0.3, 0.4) is 0 Å². The van der Waals surface area contributed by atoms with Gasteiger partial charge in [-0.2, -0.15) is 11.8 Å². The van der Waals surface area contributed by atoms with Crippen molar-refractivity contribution in [3.05, 3.63) is 33.6 Å². The average Bonchev–Trinajstić information content (AvgIpc) is 2.38. The SMILES string of the molecule is CSC1(CNc2cc(C(=O)O)c([N+](=O)[O-])cc2F)CCC1. The van der Waals surface area contributed by atoms with Gasteiger partial charge in [-0.25, -0.2) is 9.18 Å². The first-order chi connectivity index (χ1) is 9.88. The van der Waals surface area contributed by atoms with Crippen LogP contribution >= 0.6 is 11.8 Å². The standard InChI is InChI=1S/C13H15FN2O4S/c1-21-13(3-2-4-13)7-15-10-5-8(12(17)18)11(16(19)20)6-9(10)14/h5-6,15H,2-4,7H2,1H3,(H,17,18). The molecule has 0 aliphatic heterocycles. The van der Waals surface area contributed by atoms with E-state index in [1.807, 2.05) is 6.26 Å². The van der Waals surface area contributed by atoms with Gasteiger partial charge in [-0.1, -0.05) is 6.42 Å². The smallest absolute Gasteiger partial charge is 0.342 e. The van der Waals surface area contributed by atoms with Crippen LogP contribution in [-0.4, -0.2) is 33.5 Å². The number of hydrogen-bond donors (Lipinski definition) is 2. The van der Waals surface area contributed by atoms with Gasteiger partial charge < -0.3 is 10.4 Å². The summed E-state index contributed by atoms with van der Waals surface area (Å²) in [5.41, 5.74) is -1.28. The zero-order valence-electron chi connectivity index (χ0n) is 11.4. The molecule has 0 radical (unpaired) electrons. The van der Waals surface area contributed by atoms with E-state index in [2.05, 4.69) is 5.32 Å². The first kappa shape index (κ1) is 15.6. The molecule has 1 fully saturated rings. The van der Waals surface area contributed by atoms with E-state index in [0.717, 1.165) is 25.3 Å². The van der Waals surface area contributed by atoms with Gasteiger partial charge in [-0.05, 0) is 25.2 Å². The molecular formula is C13H15FN2O4S. The highest BCUT2D eigenvalue weighted by Crippen LogP contribution is 2.43. The monoisotopic (exact) mass is 314 g/mol. The summed E-state index contributed by atoms with van der Waals surface area (Å²) in [7, 11) is 0. The third-order valence-electron chi connectivity index (χ3n) is 3.81. The zero-order valence-corrected chi connectivity index (χ0v) is 12.2. The van der Waals surface area contributed by atoms with Crippen LogP contribution in [0.25, 0.3) is 0 Å². The van der Waals surface area contributed by atoms with E-state index < -0.39 is 28.0 Å². The number of halogens is 1. The van der Waals surface area contributed by atoms with E-state index in [9.17, 15) is 19.3 Å². The van der Waals surface area contributed by atoms with Gasteiger partial charge in [-0.15, -0.1) is 0 Å². The number of hydrogen-bond acceptors (Lipinski definition) is 5. The number of carboxylic acids is 1. The van der Waals surface area contributed by atoms with E-state index in [4.69, 9.17) is 5.11 Å². The summed E-state index contributed by atoms with van der Waals surface area (Å²) in [5.74, 6) is -2.27. The van der Waals surface area contributed by atoms with Gasteiger partial charge in [0, 0.05) is 11.3 Å². The summed E-state index contributed by atoms with van der Waals surface area (Å²) in [6.07, 6.45) is 5.13. The molecule has 0 unspecified atom stereocenters. The Labute approximate surface area is 124 Å². The van der Waals surface area contributed by atoms with Crippen molar-refractivity contribution in [1.29, 1.82) is 0 Å². The van der Waals surface area contributed by atoms with Crippen LogP contribution in [0.4, 0.5) is 15.8 Å². The molecule has 8 heteroatoms. The summed E-state index contributed by atoms with van der Waals surface area (Å²) >= 11 is 1.69. The second kappa shape index (κ2) is 5.88. The number of nitro benzene ring substituents is 1. The van der Waals surface area contributed by atoms with E-state index in [1.54, 1.807) is 11.8 Å². The maximum Gasteiger partial charge on any atom is 0.342 e. The number of nitrogens with one attached hydrogen (secondary N) is 1. The van der Waals surface area contributed by atoms with Crippen LogP contribution in [0.15, 0.2) is 12.1 Å². The highest BCUT2D eigenvalue weighted by atomic mass is 32.2. The van der Waals surface area contributed by atoms with Crippen LogP contribution in [0, 0.1) is 15.9 Å². The zero-order chi connectivity index (χ0) is 15.6. The van der Waals surface area contributed by atoms with Crippen LogP contribution in [0.1, 0.15) is 29.6 Å². The first-order valence-corrected chi connectivity index (χ1v) is 7.61. The Hall–Kier alpha value is -1.83. The molecule has 1 aromatic carbocycles. The summed E-state index contributed by atoms with van der Waals surface area (Å²) < 4.78 is 13.9. The molecule has 0 aromatic heterocycles. The van der Waals surface area contributed by atoms with Crippen molar-refractivity contribution >= 4 is 29.1 Å². The fourth-order valence-corrected chi connectivity index (χ4v) is 3.21. The molecule has 0 saturated heterocycles. The molecule has 2 N–H and O–H groups in total. The van der Waals surface area contributed by atoms with Gasteiger partial charge in [0.05, 0.1) is 16.7 Å². The Morgan fingerprint density at radius 2 is 2.24 bits per heavy atom. The maximum atomic E-state index is 13.9. The topological polar surface area (TPSA) is 92.5 Å². The van der Waals surface area contributed by atoms with E-state index in [-0.39, 0.29) is 10.4 Å². The largest absolute Gasteiger partial charge is 0.477 e.